The molecule has 0 bridgehead atoms. The van der Waals surface area contributed by atoms with Gasteiger partial charge in [-0.25, -0.2) is 0 Å². The van der Waals surface area contributed by atoms with Gasteiger partial charge in [0.25, 0.3) is 0 Å². The van der Waals surface area contributed by atoms with Gasteiger partial charge in [-0.15, -0.1) is 0 Å². The number of nitrogens with one attached hydrogen (secondary N) is 2. The molecule has 2 rings (SSSR count). The summed E-state index contributed by atoms with van der Waals surface area (Å²) in [6, 6.07) is 1.85. The molecule has 1 fully saturated rings. The van der Waals surface area contributed by atoms with Crippen molar-refractivity contribution in [1.82, 2.24) is 20.4 Å². The minimum Gasteiger partial charge on any atom is -0.376 e. The molecule has 1 aliphatic heterocycles. The van der Waals surface area contributed by atoms with Crippen LogP contribution >= 0.6 is 0 Å². The molecule has 0 unspecified atom stereocenters. The summed E-state index contributed by atoms with van der Waals surface area (Å²) < 4.78 is 7.34. The van der Waals surface area contributed by atoms with E-state index in [0.29, 0.717) is 6.54 Å². The summed E-state index contributed by atoms with van der Waals surface area (Å²) in [5, 5.41) is 10.4. The van der Waals surface area contributed by atoms with E-state index in [2.05, 4.69) is 15.7 Å². The maximum absolute atomic E-state index is 12.0. The number of ether oxygens (including phenoxy) is 1. The van der Waals surface area contributed by atoms with E-state index in [1.54, 1.807) is 6.20 Å². The molecular weight excluding hydrogens is 256 g/mol. The monoisotopic (exact) mass is 280 g/mol. The molecule has 0 spiro atoms. The van der Waals surface area contributed by atoms with Gasteiger partial charge in [-0.05, 0) is 32.8 Å². The van der Waals surface area contributed by atoms with Crippen molar-refractivity contribution in [2.75, 3.05) is 13.2 Å². The van der Waals surface area contributed by atoms with Gasteiger partial charge in [-0.3, -0.25) is 9.48 Å². The van der Waals surface area contributed by atoms with Gasteiger partial charge in [0.15, 0.2) is 0 Å². The molecule has 3 atom stereocenters. The van der Waals surface area contributed by atoms with Gasteiger partial charge in [-0.1, -0.05) is 0 Å². The molecule has 0 aliphatic carbocycles. The van der Waals surface area contributed by atoms with E-state index in [-0.39, 0.29) is 24.1 Å². The van der Waals surface area contributed by atoms with Gasteiger partial charge < -0.3 is 15.4 Å². The zero-order valence-electron chi connectivity index (χ0n) is 12.2. The van der Waals surface area contributed by atoms with Crippen LogP contribution in [0.3, 0.4) is 0 Å². The number of nitrogens with zero attached hydrogens (tertiary/aromatic N) is 2. The zero-order chi connectivity index (χ0) is 14.4. The maximum atomic E-state index is 12.0. The maximum Gasteiger partial charge on any atom is 0.236 e. The number of rotatable bonds is 7. The number of carbonyl (C=O) groups is 1. The van der Waals surface area contributed by atoms with E-state index in [0.717, 1.165) is 26.0 Å². The first-order valence-corrected chi connectivity index (χ1v) is 7.28. The molecule has 6 nitrogen and oxygen atoms in total. The molecule has 0 radical (unpaired) electrons. The van der Waals surface area contributed by atoms with E-state index in [9.17, 15) is 4.79 Å². The Morgan fingerprint density at radius 1 is 1.55 bits per heavy atom. The molecule has 1 aliphatic rings. The lowest BCUT2D eigenvalue weighted by Gasteiger charge is -2.20. The number of hydrogen-bond donors (Lipinski definition) is 2. The summed E-state index contributed by atoms with van der Waals surface area (Å²) in [5.74, 6) is 0.0211. The molecule has 0 saturated carbocycles. The SMILES string of the molecule is C[C@H](Cn1cccn1)N[C@H](C)C(=O)NC[C@@H]1CCCO1. The highest BCUT2D eigenvalue weighted by atomic mass is 16.5. The average Bonchev–Trinajstić information content (AvgIpc) is 3.08. The van der Waals surface area contributed by atoms with E-state index in [4.69, 9.17) is 4.74 Å². The third-order valence-electron chi connectivity index (χ3n) is 3.48. The van der Waals surface area contributed by atoms with Crippen molar-refractivity contribution in [3.63, 3.8) is 0 Å². The van der Waals surface area contributed by atoms with Gasteiger partial charge in [-0.2, -0.15) is 5.10 Å². The molecule has 1 aromatic heterocycles. The fourth-order valence-electron chi connectivity index (χ4n) is 2.42. The number of aromatic nitrogens is 2. The normalized spacial score (nSPS) is 21.6. The van der Waals surface area contributed by atoms with Crippen LogP contribution in [0.2, 0.25) is 0 Å². The van der Waals surface area contributed by atoms with Crippen molar-refractivity contribution in [2.45, 2.75) is 51.4 Å². The molecule has 112 valence electrons. The van der Waals surface area contributed by atoms with Crippen LogP contribution in [0.4, 0.5) is 0 Å². The fraction of sp³-hybridized carbons (Fsp3) is 0.714. The second-order valence-electron chi connectivity index (χ2n) is 5.40. The Labute approximate surface area is 119 Å². The van der Waals surface area contributed by atoms with Crippen LogP contribution in [0.1, 0.15) is 26.7 Å². The molecule has 1 amide bonds. The molecule has 0 aromatic carbocycles. The van der Waals surface area contributed by atoms with Crippen molar-refractivity contribution in [3.05, 3.63) is 18.5 Å². The van der Waals surface area contributed by atoms with Crippen LogP contribution in [-0.4, -0.2) is 47.0 Å². The van der Waals surface area contributed by atoms with Crippen molar-refractivity contribution < 1.29 is 9.53 Å². The lowest BCUT2D eigenvalue weighted by atomic mass is 10.2. The van der Waals surface area contributed by atoms with Gasteiger partial charge in [0, 0.05) is 31.6 Å². The van der Waals surface area contributed by atoms with Crippen LogP contribution in [0.25, 0.3) is 0 Å². The Balaban J connectivity index is 1.67. The summed E-state index contributed by atoms with van der Waals surface area (Å²) >= 11 is 0. The second-order valence-corrected chi connectivity index (χ2v) is 5.40. The average molecular weight is 280 g/mol. The van der Waals surface area contributed by atoms with Crippen molar-refractivity contribution in [2.24, 2.45) is 0 Å². The van der Waals surface area contributed by atoms with Crippen LogP contribution in [0, 0.1) is 0 Å². The van der Waals surface area contributed by atoms with Crippen LogP contribution in [0.15, 0.2) is 18.5 Å². The molecule has 20 heavy (non-hydrogen) atoms. The summed E-state index contributed by atoms with van der Waals surface area (Å²) in [7, 11) is 0. The summed E-state index contributed by atoms with van der Waals surface area (Å²) in [6.07, 6.45) is 5.99. The Morgan fingerprint density at radius 2 is 2.40 bits per heavy atom. The van der Waals surface area contributed by atoms with Crippen LogP contribution in [0.5, 0.6) is 0 Å². The Morgan fingerprint density at radius 3 is 3.05 bits per heavy atom. The first-order chi connectivity index (χ1) is 9.65. The lowest BCUT2D eigenvalue weighted by Crippen LogP contribution is -2.48. The van der Waals surface area contributed by atoms with Crippen LogP contribution < -0.4 is 10.6 Å². The Hall–Kier alpha value is -1.40. The van der Waals surface area contributed by atoms with E-state index in [1.165, 1.54) is 0 Å². The Bertz CT molecular complexity index is 401. The Kier molecular flexibility index (Phi) is 5.55. The highest BCUT2D eigenvalue weighted by Crippen LogP contribution is 2.10. The molecule has 6 heteroatoms. The van der Waals surface area contributed by atoms with Crippen molar-refractivity contribution in [1.29, 1.82) is 0 Å². The highest BCUT2D eigenvalue weighted by Gasteiger charge is 2.19. The summed E-state index contributed by atoms with van der Waals surface area (Å²) in [5.41, 5.74) is 0. The largest absolute Gasteiger partial charge is 0.376 e. The minimum atomic E-state index is -0.220. The first-order valence-electron chi connectivity index (χ1n) is 7.28. The van der Waals surface area contributed by atoms with Crippen molar-refractivity contribution >= 4 is 5.91 Å². The van der Waals surface area contributed by atoms with Crippen LogP contribution in [-0.2, 0) is 16.1 Å². The standard InChI is InChI=1S/C14H24N4O2/c1-11(10-18-7-4-6-16-18)17-12(2)14(19)15-9-13-5-3-8-20-13/h4,6-7,11-13,17H,3,5,8-10H2,1-2H3,(H,15,19)/t11-,12-,13+/m1/s1. The second kappa shape index (κ2) is 7.40. The minimum absolute atomic E-state index is 0.0211. The number of carbonyl (C=O) groups excluding carboxylic acids is 1. The van der Waals surface area contributed by atoms with Gasteiger partial charge in [0.2, 0.25) is 5.91 Å². The van der Waals surface area contributed by atoms with Crippen molar-refractivity contribution in [3.8, 4) is 0 Å². The molecule has 1 saturated heterocycles. The first kappa shape index (κ1) is 15.0. The van der Waals surface area contributed by atoms with Gasteiger partial charge in [0.05, 0.1) is 18.7 Å². The smallest absolute Gasteiger partial charge is 0.236 e. The van der Waals surface area contributed by atoms with E-state index < -0.39 is 0 Å². The predicted molar refractivity (Wildman–Crippen MR) is 76.3 cm³/mol. The topological polar surface area (TPSA) is 68.2 Å². The van der Waals surface area contributed by atoms with E-state index >= 15 is 0 Å². The molecule has 2 heterocycles. The molecule has 2 N–H and O–H groups in total. The number of amides is 1. The lowest BCUT2D eigenvalue weighted by molar-refractivity contribution is -0.123. The third kappa shape index (κ3) is 4.61. The zero-order valence-corrected chi connectivity index (χ0v) is 12.2. The quantitative estimate of drug-likeness (QED) is 0.765. The fourth-order valence-corrected chi connectivity index (χ4v) is 2.42. The molecule has 1 aromatic rings. The molecular formula is C14H24N4O2. The third-order valence-corrected chi connectivity index (χ3v) is 3.48. The predicted octanol–water partition coefficient (Wildman–Crippen LogP) is 0.545. The van der Waals surface area contributed by atoms with Gasteiger partial charge >= 0.3 is 0 Å². The summed E-state index contributed by atoms with van der Waals surface area (Å²) in [6.45, 7) is 6.10. The van der Waals surface area contributed by atoms with E-state index in [1.807, 2.05) is 30.8 Å². The van der Waals surface area contributed by atoms with Gasteiger partial charge in [0.1, 0.15) is 0 Å². The number of hydrogen-bond acceptors (Lipinski definition) is 4. The summed E-state index contributed by atoms with van der Waals surface area (Å²) in [4.78, 5) is 12.0. The highest BCUT2D eigenvalue weighted by molar-refractivity contribution is 5.81.